The molecule has 0 atom stereocenters. The fraction of sp³-hybridized carbons (Fsp3) is 0.571. The summed E-state index contributed by atoms with van der Waals surface area (Å²) in [6.45, 7) is 7.40. The molecule has 0 unspecified atom stereocenters. The van der Waals surface area contributed by atoms with Crippen LogP contribution in [0.5, 0.6) is 0 Å². The minimum Gasteiger partial charge on any atom is -0.344 e. The van der Waals surface area contributed by atoms with Crippen molar-refractivity contribution in [1.29, 1.82) is 0 Å². The smallest absolute Gasteiger partial charge is 0.192 e. The first-order chi connectivity index (χ1) is 8.01. The molecule has 2 rings (SSSR count). The third-order valence-electron chi connectivity index (χ3n) is 3.25. The van der Waals surface area contributed by atoms with Crippen molar-refractivity contribution >= 4 is 0 Å². The summed E-state index contributed by atoms with van der Waals surface area (Å²) in [4.78, 5) is 0. The Labute approximate surface area is 103 Å². The molecule has 94 valence electrons. The van der Waals surface area contributed by atoms with Gasteiger partial charge in [-0.25, -0.2) is 0 Å². The van der Waals surface area contributed by atoms with E-state index in [-0.39, 0.29) is 6.04 Å². The second-order valence-corrected chi connectivity index (χ2v) is 5.10. The zero-order valence-corrected chi connectivity index (χ0v) is 10.8. The molecule has 17 heavy (non-hydrogen) atoms. The Balaban J connectivity index is 2.16. The van der Waals surface area contributed by atoms with Crippen LogP contribution < -0.4 is 5.73 Å². The van der Waals surface area contributed by atoms with Crippen LogP contribution in [0.4, 0.5) is 0 Å². The van der Waals surface area contributed by atoms with Gasteiger partial charge in [0, 0.05) is 5.56 Å². The molecule has 1 aliphatic heterocycles. The average molecular weight is 235 g/mol. The van der Waals surface area contributed by atoms with E-state index in [0.29, 0.717) is 19.1 Å². The summed E-state index contributed by atoms with van der Waals surface area (Å²) >= 11 is 0. The van der Waals surface area contributed by atoms with Crippen molar-refractivity contribution in [3.8, 4) is 0 Å². The van der Waals surface area contributed by atoms with Gasteiger partial charge in [-0.2, -0.15) is 0 Å². The molecule has 0 aromatic heterocycles. The van der Waals surface area contributed by atoms with Crippen LogP contribution in [0.1, 0.15) is 37.8 Å². The van der Waals surface area contributed by atoms with E-state index in [1.807, 2.05) is 6.92 Å². The van der Waals surface area contributed by atoms with Crippen LogP contribution in [0.15, 0.2) is 24.3 Å². The van der Waals surface area contributed by atoms with Gasteiger partial charge in [0.25, 0.3) is 0 Å². The van der Waals surface area contributed by atoms with E-state index in [9.17, 15) is 0 Å². The summed E-state index contributed by atoms with van der Waals surface area (Å²) in [7, 11) is 0. The Morgan fingerprint density at radius 2 is 1.71 bits per heavy atom. The van der Waals surface area contributed by atoms with Gasteiger partial charge in [-0.1, -0.05) is 38.1 Å². The highest BCUT2D eigenvalue weighted by molar-refractivity contribution is 5.27. The van der Waals surface area contributed by atoms with E-state index >= 15 is 0 Å². The van der Waals surface area contributed by atoms with Crippen molar-refractivity contribution in [3.05, 3.63) is 35.4 Å². The van der Waals surface area contributed by atoms with Gasteiger partial charge in [0.15, 0.2) is 5.79 Å². The van der Waals surface area contributed by atoms with E-state index < -0.39 is 5.79 Å². The van der Waals surface area contributed by atoms with Crippen LogP contribution in [0.3, 0.4) is 0 Å². The first-order valence-electron chi connectivity index (χ1n) is 6.15. The van der Waals surface area contributed by atoms with Crippen LogP contribution in [-0.4, -0.2) is 19.3 Å². The highest BCUT2D eigenvalue weighted by Crippen LogP contribution is 2.30. The fourth-order valence-corrected chi connectivity index (χ4v) is 1.96. The van der Waals surface area contributed by atoms with Crippen molar-refractivity contribution in [2.24, 2.45) is 5.73 Å². The fourth-order valence-electron chi connectivity index (χ4n) is 1.96. The highest BCUT2D eigenvalue weighted by atomic mass is 16.7. The maximum absolute atomic E-state index is 5.75. The molecule has 0 amide bonds. The molecule has 1 fully saturated rings. The van der Waals surface area contributed by atoms with Gasteiger partial charge < -0.3 is 15.2 Å². The lowest BCUT2D eigenvalue weighted by atomic mass is 9.98. The number of rotatable bonds is 2. The van der Waals surface area contributed by atoms with Gasteiger partial charge >= 0.3 is 0 Å². The van der Waals surface area contributed by atoms with Crippen LogP contribution in [0.2, 0.25) is 0 Å². The van der Waals surface area contributed by atoms with Crippen molar-refractivity contribution < 1.29 is 9.47 Å². The van der Waals surface area contributed by atoms with Crippen molar-refractivity contribution in [2.75, 3.05) is 13.2 Å². The van der Waals surface area contributed by atoms with E-state index in [1.54, 1.807) is 0 Å². The summed E-state index contributed by atoms with van der Waals surface area (Å²) in [6, 6.07) is 8.40. The predicted molar refractivity (Wildman–Crippen MR) is 67.8 cm³/mol. The van der Waals surface area contributed by atoms with E-state index in [4.69, 9.17) is 15.2 Å². The summed E-state index contributed by atoms with van der Waals surface area (Å²) in [6.07, 6.45) is 0. The van der Waals surface area contributed by atoms with E-state index in [2.05, 4.69) is 38.1 Å². The molecule has 3 nitrogen and oxygen atoms in total. The number of hydrogen-bond acceptors (Lipinski definition) is 3. The minimum absolute atomic E-state index is 0.0157. The van der Waals surface area contributed by atoms with Crippen LogP contribution in [0, 0.1) is 0 Å². The van der Waals surface area contributed by atoms with Crippen molar-refractivity contribution in [3.63, 3.8) is 0 Å². The zero-order valence-electron chi connectivity index (χ0n) is 10.8. The Morgan fingerprint density at radius 1 is 1.18 bits per heavy atom. The summed E-state index contributed by atoms with van der Waals surface area (Å²) < 4.78 is 11.4. The van der Waals surface area contributed by atoms with Gasteiger partial charge in [0.2, 0.25) is 0 Å². The van der Waals surface area contributed by atoms with Gasteiger partial charge in [-0.3, -0.25) is 0 Å². The summed E-state index contributed by atoms with van der Waals surface area (Å²) in [5.74, 6) is -0.107. The van der Waals surface area contributed by atoms with Gasteiger partial charge in [0.05, 0.1) is 19.3 Å². The molecule has 0 aliphatic carbocycles. The summed E-state index contributed by atoms with van der Waals surface area (Å²) in [5.41, 5.74) is 8.12. The standard InChI is InChI=1S/C14H21NO2/c1-10(2)11-4-6-12(7-5-11)14(3)16-8-13(15)9-17-14/h4-7,10,13H,8-9,15H2,1-3H3. The first kappa shape index (κ1) is 12.6. The molecular weight excluding hydrogens is 214 g/mol. The Hall–Kier alpha value is -0.900. The lowest BCUT2D eigenvalue weighted by molar-refractivity contribution is -0.270. The number of hydrogen-bond donors (Lipinski definition) is 1. The first-order valence-corrected chi connectivity index (χ1v) is 6.15. The van der Waals surface area contributed by atoms with Crippen LogP contribution in [0.25, 0.3) is 0 Å². The lowest BCUT2D eigenvalue weighted by Crippen LogP contribution is -2.46. The predicted octanol–water partition coefficient (Wildman–Crippen LogP) is 2.36. The molecule has 0 radical (unpaired) electrons. The Kier molecular flexibility index (Phi) is 3.52. The molecule has 2 N–H and O–H groups in total. The van der Waals surface area contributed by atoms with Gasteiger partial charge in [0.1, 0.15) is 0 Å². The molecule has 0 saturated carbocycles. The molecule has 1 heterocycles. The number of ether oxygens (including phenoxy) is 2. The molecule has 3 heteroatoms. The monoisotopic (exact) mass is 235 g/mol. The maximum atomic E-state index is 5.75. The normalized spacial score (nSPS) is 29.6. The lowest BCUT2D eigenvalue weighted by Gasteiger charge is -2.36. The van der Waals surface area contributed by atoms with E-state index in [1.165, 1.54) is 5.56 Å². The Morgan fingerprint density at radius 3 is 2.18 bits per heavy atom. The largest absolute Gasteiger partial charge is 0.344 e. The average Bonchev–Trinajstić information content (AvgIpc) is 2.33. The van der Waals surface area contributed by atoms with Crippen LogP contribution >= 0.6 is 0 Å². The topological polar surface area (TPSA) is 44.5 Å². The molecule has 1 aromatic rings. The number of benzene rings is 1. The van der Waals surface area contributed by atoms with Crippen molar-refractivity contribution in [1.82, 2.24) is 0 Å². The third-order valence-corrected chi connectivity index (χ3v) is 3.25. The van der Waals surface area contributed by atoms with Gasteiger partial charge in [-0.15, -0.1) is 0 Å². The molecule has 0 bridgehead atoms. The molecular formula is C14H21NO2. The summed E-state index contributed by atoms with van der Waals surface area (Å²) in [5, 5.41) is 0. The van der Waals surface area contributed by atoms with Gasteiger partial charge in [-0.05, 0) is 18.4 Å². The van der Waals surface area contributed by atoms with E-state index in [0.717, 1.165) is 5.56 Å². The maximum Gasteiger partial charge on any atom is 0.192 e. The Bertz CT molecular complexity index is 364. The third kappa shape index (κ3) is 2.68. The van der Waals surface area contributed by atoms with Crippen LogP contribution in [-0.2, 0) is 15.3 Å². The quantitative estimate of drug-likeness (QED) is 0.855. The second-order valence-electron chi connectivity index (χ2n) is 5.10. The van der Waals surface area contributed by atoms with Crippen molar-refractivity contribution in [2.45, 2.75) is 38.5 Å². The SMILES string of the molecule is CC(C)c1ccc(C2(C)OCC(N)CO2)cc1. The molecule has 0 spiro atoms. The minimum atomic E-state index is -0.647. The molecule has 1 saturated heterocycles. The number of nitrogens with two attached hydrogens (primary N) is 1. The highest BCUT2D eigenvalue weighted by Gasteiger charge is 2.33. The second kappa shape index (κ2) is 4.77. The molecule has 1 aliphatic rings. The molecule has 1 aromatic carbocycles. The zero-order chi connectivity index (χ0) is 12.5.